The maximum Gasteiger partial charge on any atom is 0.414 e. The van der Waals surface area contributed by atoms with Gasteiger partial charge >= 0.3 is 29.0 Å². The van der Waals surface area contributed by atoms with Crippen LogP contribution in [0.2, 0.25) is 0 Å². The molecule has 0 aliphatic carbocycles. The van der Waals surface area contributed by atoms with Crippen molar-refractivity contribution in [2.24, 2.45) is 21.1 Å². The maximum absolute atomic E-state index is 13.8. The molecule has 0 saturated carbocycles. The normalized spacial score (nSPS) is 16.5. The number of H-pyrrole nitrogens is 1. The van der Waals surface area contributed by atoms with Crippen LogP contribution >= 0.6 is 15.9 Å². The molecule has 1 aromatic carbocycles. The van der Waals surface area contributed by atoms with Crippen molar-refractivity contribution in [1.82, 2.24) is 32.7 Å². The van der Waals surface area contributed by atoms with Crippen molar-refractivity contribution in [3.63, 3.8) is 0 Å². The van der Waals surface area contributed by atoms with Crippen LogP contribution in [-0.4, -0.2) is 84.9 Å². The molecule has 3 N–H and O–H groups in total. The molecule has 2 aliphatic rings. The van der Waals surface area contributed by atoms with Gasteiger partial charge in [0.1, 0.15) is 5.82 Å². The summed E-state index contributed by atoms with van der Waals surface area (Å²) in [7, 11) is 5.03. The molecule has 0 radical (unpaired) electrons. The van der Waals surface area contributed by atoms with E-state index in [0.29, 0.717) is 59.7 Å². The number of carboxylic acid groups (broad SMARTS) is 2. The van der Waals surface area contributed by atoms with Crippen LogP contribution in [0, 0.1) is 47.4 Å². The number of alkyl halides is 1. The van der Waals surface area contributed by atoms with Gasteiger partial charge in [-0.15, -0.1) is 0 Å². The summed E-state index contributed by atoms with van der Waals surface area (Å²) in [5, 5.41) is 15.6. The van der Waals surface area contributed by atoms with Crippen LogP contribution in [0.5, 0.6) is 0 Å². The number of nitrogens with zero attached hydrogens (tertiary/aromatic N) is 6. The number of benzene rings is 1. The number of aromatic nitrogens is 6. The third-order valence-corrected chi connectivity index (χ3v) is 12.5. The first-order chi connectivity index (χ1) is 29.5. The van der Waals surface area contributed by atoms with Crippen molar-refractivity contribution < 1.29 is 28.9 Å². The van der Waals surface area contributed by atoms with E-state index in [-0.39, 0.29) is 45.7 Å². The molecule has 63 heavy (non-hydrogen) atoms. The topological polar surface area (TPSA) is 230 Å². The molecule has 2 saturated heterocycles. The van der Waals surface area contributed by atoms with Crippen LogP contribution < -0.4 is 33.7 Å². The highest BCUT2D eigenvalue weighted by atomic mass is 79.9. The first kappa shape index (κ1) is 51.9. The van der Waals surface area contributed by atoms with Crippen molar-refractivity contribution in [3.05, 3.63) is 132 Å². The molecular weight excluding hydrogens is 889 g/mol. The number of hydrogen-bond donors (Lipinski definition) is 3. The second kappa shape index (κ2) is 23.3. The zero-order valence-corrected chi connectivity index (χ0v) is 38.9. The van der Waals surface area contributed by atoms with Crippen molar-refractivity contribution >= 4 is 27.9 Å². The molecule has 3 aromatic heterocycles. The summed E-state index contributed by atoms with van der Waals surface area (Å²) in [6, 6.07) is 7.70. The minimum atomic E-state index is -1.82. The van der Waals surface area contributed by atoms with E-state index in [2.05, 4.69) is 25.8 Å². The predicted octanol–water partition coefficient (Wildman–Crippen LogP) is 2.70. The summed E-state index contributed by atoms with van der Waals surface area (Å²) in [4.78, 5) is 93.4. The number of halogens is 2. The quantitative estimate of drug-likeness (QED) is 0.154. The van der Waals surface area contributed by atoms with Crippen LogP contribution in [-0.2, 0) is 55.2 Å². The van der Waals surface area contributed by atoms with Crippen molar-refractivity contribution in [1.29, 1.82) is 0 Å². The van der Waals surface area contributed by atoms with E-state index in [1.807, 2.05) is 6.07 Å². The molecule has 2 unspecified atom stereocenters. The van der Waals surface area contributed by atoms with Gasteiger partial charge in [-0.1, -0.05) is 34.1 Å². The van der Waals surface area contributed by atoms with Gasteiger partial charge in [-0.25, -0.2) is 28.4 Å². The van der Waals surface area contributed by atoms with Crippen LogP contribution in [0.4, 0.5) is 4.39 Å². The lowest BCUT2D eigenvalue weighted by atomic mass is 9.99. The summed E-state index contributed by atoms with van der Waals surface area (Å²) in [5.41, 5.74) is 3.16. The zero-order valence-electron chi connectivity index (χ0n) is 37.3. The Hall–Kier alpha value is -5.47. The van der Waals surface area contributed by atoms with Gasteiger partial charge in [0.05, 0.1) is 12.7 Å². The second-order valence-electron chi connectivity index (χ2n) is 15.7. The highest BCUT2D eigenvalue weighted by molar-refractivity contribution is 9.09. The van der Waals surface area contributed by atoms with E-state index < -0.39 is 11.9 Å². The lowest BCUT2D eigenvalue weighted by Gasteiger charge is -2.39. The summed E-state index contributed by atoms with van der Waals surface area (Å²) in [5.74, 6) is -3.86. The van der Waals surface area contributed by atoms with E-state index in [4.69, 9.17) is 24.5 Å². The molecule has 2 bridgehead atoms. The molecule has 6 rings (SSSR count). The van der Waals surface area contributed by atoms with Crippen LogP contribution in [0.3, 0.4) is 0 Å². The third kappa shape index (κ3) is 13.0. The van der Waals surface area contributed by atoms with E-state index in [1.54, 1.807) is 79.4 Å². The van der Waals surface area contributed by atoms with Crippen LogP contribution in [0.15, 0.2) is 53.0 Å². The van der Waals surface area contributed by atoms with Gasteiger partial charge in [0.25, 0.3) is 16.7 Å². The zero-order chi connectivity index (χ0) is 47.5. The molecule has 2 fully saturated rings. The van der Waals surface area contributed by atoms with Gasteiger partial charge in [0, 0.05) is 97.5 Å². The largest absolute Gasteiger partial charge is 0.473 e. The Bertz CT molecular complexity index is 2510. The molecular formula is C43H59BrFN7O11. The number of fused-ring (bicyclic) bond motifs is 2. The number of piperidine rings is 1. The number of aliphatic carboxylic acids is 2. The molecule has 2 aliphatic heterocycles. The van der Waals surface area contributed by atoms with E-state index in [0.717, 1.165) is 61.8 Å². The number of ether oxygens (including phenoxy) is 1. The van der Waals surface area contributed by atoms with Gasteiger partial charge in [0.2, 0.25) is 0 Å². The minimum absolute atomic E-state index is 0.156. The lowest BCUT2D eigenvalue weighted by molar-refractivity contribution is -0.159. The number of nitrogens with one attached hydrogen (secondary N) is 1. The maximum atomic E-state index is 13.8. The Balaban J connectivity index is 0.000000272. The average molecular weight is 949 g/mol. The number of rotatable bonds is 10. The summed E-state index contributed by atoms with van der Waals surface area (Å²) < 4.78 is 27.1. The predicted molar refractivity (Wildman–Crippen MR) is 239 cm³/mol. The highest BCUT2D eigenvalue weighted by Gasteiger charge is 2.40. The fourth-order valence-electron chi connectivity index (χ4n) is 7.46. The second-order valence-corrected chi connectivity index (χ2v) is 16.5. The Kier molecular flexibility index (Phi) is 19.2. The summed E-state index contributed by atoms with van der Waals surface area (Å²) >= 11 is 3.28. The standard InChI is InChI=1S/C24H32FN3O3.C10H15BrN2O2.C7H10N2O2.C2H2O4/c1-16-17(2)26(3)24(30)28(23(16)29)12-6-11-27-19-9-10-20(27)14-21(13-19)31-15-18-7-4-5-8-22(18)25;1-7-8(2)12(3)10(15)13(9(7)14)6-4-5-11;1-4-5(2)9(3)7(11)8-6(4)10;3-1(4)2(5)6/h4-5,7-8,19-21H,6,9-15H2,1-3H3;4-6H2,1-3H3;1-3H3,(H,8,10,11);(H,3,4)(H,5,6). The number of carboxylic acids is 2. The number of aromatic amines is 1. The number of carbonyl (C=O) groups is 2. The Morgan fingerprint density at radius 1 is 0.714 bits per heavy atom. The van der Waals surface area contributed by atoms with Gasteiger partial charge < -0.3 is 28.7 Å². The van der Waals surface area contributed by atoms with Gasteiger partial charge in [-0.2, -0.15) is 0 Å². The SMILES string of the molecule is Cc1c(C)n(C)c(=O)[nH]c1=O.Cc1c(C)n(C)c(=O)n(CCCBr)c1=O.Cc1c(C)n(C)c(=O)n(CCCN2C3CCC2CC(OCc2ccccc2F)C3)c1=O.O=C(O)C(=O)O. The molecule has 20 heteroatoms. The monoisotopic (exact) mass is 947 g/mol. The Morgan fingerprint density at radius 3 is 1.63 bits per heavy atom. The van der Waals surface area contributed by atoms with E-state index >= 15 is 0 Å². The number of hydrogen-bond acceptors (Lipinski definition) is 10. The first-order valence-corrected chi connectivity index (χ1v) is 21.6. The Labute approximate surface area is 371 Å². The third-order valence-electron chi connectivity index (χ3n) is 11.9. The van der Waals surface area contributed by atoms with Crippen molar-refractivity contribution in [2.75, 3.05) is 11.9 Å². The fourth-order valence-corrected chi connectivity index (χ4v) is 7.71. The van der Waals surface area contributed by atoms with Crippen LogP contribution in [0.1, 0.15) is 77.9 Å². The van der Waals surface area contributed by atoms with Gasteiger partial charge in [-0.3, -0.25) is 33.4 Å². The lowest BCUT2D eigenvalue weighted by Crippen LogP contribution is -2.46. The van der Waals surface area contributed by atoms with Crippen molar-refractivity contribution in [3.8, 4) is 0 Å². The van der Waals surface area contributed by atoms with Crippen LogP contribution in [0.25, 0.3) is 0 Å². The van der Waals surface area contributed by atoms with Crippen molar-refractivity contribution in [2.45, 2.75) is 118 Å². The first-order valence-electron chi connectivity index (χ1n) is 20.5. The van der Waals surface area contributed by atoms with Gasteiger partial charge in [0.15, 0.2) is 0 Å². The molecule has 18 nitrogen and oxygen atoms in total. The minimum Gasteiger partial charge on any atom is -0.473 e. The highest BCUT2D eigenvalue weighted by Crippen LogP contribution is 2.37. The molecule has 5 heterocycles. The fraction of sp³-hybridized carbons (Fsp3) is 0.535. The molecule has 346 valence electrons. The van der Waals surface area contributed by atoms with Gasteiger partial charge in [-0.05, 0) is 86.1 Å². The molecule has 2 atom stereocenters. The average Bonchev–Trinajstić information content (AvgIpc) is 3.49. The van der Waals surface area contributed by atoms with E-state index in [9.17, 15) is 33.2 Å². The summed E-state index contributed by atoms with van der Waals surface area (Å²) in [6.07, 6.45) is 5.91. The van der Waals surface area contributed by atoms with E-state index in [1.165, 1.54) is 24.3 Å². The Morgan fingerprint density at radius 2 is 1.17 bits per heavy atom. The smallest absolute Gasteiger partial charge is 0.414 e. The molecule has 0 amide bonds. The molecule has 0 spiro atoms. The molecule has 4 aromatic rings. The summed E-state index contributed by atoms with van der Waals surface area (Å²) in [6.45, 7) is 12.6.